The highest BCUT2D eigenvalue weighted by Gasteiger charge is 2.42. The Morgan fingerprint density at radius 1 is 1.13 bits per heavy atom. The number of rotatable bonds is 4. The largest absolute Gasteiger partial charge is 0.456 e. The number of urea groups is 1. The summed E-state index contributed by atoms with van der Waals surface area (Å²) in [6.07, 6.45) is 3.22. The molecule has 2 N–H and O–H groups in total. The minimum atomic E-state index is -0.589. The van der Waals surface area contributed by atoms with Crippen molar-refractivity contribution in [2.45, 2.75) is 32.2 Å². The molecule has 7 nitrogen and oxygen atoms in total. The lowest BCUT2D eigenvalue weighted by Crippen LogP contribution is -2.49. The summed E-state index contributed by atoms with van der Waals surface area (Å²) in [6, 6.07) is 12.5. The fourth-order valence-electron chi connectivity index (χ4n) is 4.48. The van der Waals surface area contributed by atoms with Crippen LogP contribution in [0.5, 0.6) is 0 Å². The van der Waals surface area contributed by atoms with E-state index in [2.05, 4.69) is 10.6 Å². The number of hydrogen-bond acceptors (Lipinski definition) is 4. The van der Waals surface area contributed by atoms with E-state index in [-0.39, 0.29) is 19.1 Å². The smallest absolute Gasteiger partial charge is 0.338 e. The van der Waals surface area contributed by atoms with Gasteiger partial charge in [0.25, 0.3) is 0 Å². The van der Waals surface area contributed by atoms with E-state index in [1.54, 1.807) is 0 Å². The first kappa shape index (κ1) is 19.4. The Kier molecular flexibility index (Phi) is 4.73. The number of fused-ring (bicyclic) bond motifs is 1. The van der Waals surface area contributed by atoms with Crippen LogP contribution in [0.1, 0.15) is 34.7 Å². The number of nitrogens with one attached hydrogen (secondary N) is 2. The minimum Gasteiger partial charge on any atom is -0.456 e. The molecule has 2 aromatic rings. The lowest BCUT2D eigenvalue weighted by Gasteiger charge is -2.32. The first-order valence-electron chi connectivity index (χ1n) is 10.5. The molecule has 7 heteroatoms. The van der Waals surface area contributed by atoms with Crippen LogP contribution < -0.4 is 10.6 Å². The zero-order valence-corrected chi connectivity index (χ0v) is 17.2. The number of nitrogens with zero attached hydrogens (tertiary/aromatic N) is 1. The van der Waals surface area contributed by atoms with Crippen LogP contribution >= 0.6 is 0 Å². The third-order valence-electron chi connectivity index (χ3n) is 6.09. The van der Waals surface area contributed by atoms with Crippen molar-refractivity contribution in [3.63, 3.8) is 0 Å². The van der Waals surface area contributed by atoms with Crippen molar-refractivity contribution < 1.29 is 19.1 Å². The second-order valence-electron chi connectivity index (χ2n) is 8.20. The van der Waals surface area contributed by atoms with Gasteiger partial charge in [0.05, 0.1) is 17.3 Å². The summed E-state index contributed by atoms with van der Waals surface area (Å²) >= 11 is 0. The molecule has 0 saturated heterocycles. The van der Waals surface area contributed by atoms with Crippen LogP contribution in [0.25, 0.3) is 0 Å². The molecule has 3 amide bonds. The molecule has 0 unspecified atom stereocenters. The van der Waals surface area contributed by atoms with Gasteiger partial charge in [-0.1, -0.05) is 35.9 Å². The summed E-state index contributed by atoms with van der Waals surface area (Å²) < 4.78 is 5.23. The highest BCUT2D eigenvalue weighted by molar-refractivity contribution is 6.00. The fourth-order valence-corrected chi connectivity index (χ4v) is 4.48. The van der Waals surface area contributed by atoms with Gasteiger partial charge in [-0.3, -0.25) is 9.69 Å². The Labute approximate surface area is 180 Å². The molecule has 2 aliphatic heterocycles. The van der Waals surface area contributed by atoms with Gasteiger partial charge in [0.1, 0.15) is 13.2 Å². The molecule has 0 spiro atoms. The van der Waals surface area contributed by atoms with Crippen molar-refractivity contribution >= 4 is 23.6 Å². The molecule has 31 heavy (non-hydrogen) atoms. The summed E-state index contributed by atoms with van der Waals surface area (Å²) in [6.45, 7) is 1.76. The number of carbonyl (C=O) groups excluding carboxylic acids is 3. The molecule has 0 aromatic heterocycles. The van der Waals surface area contributed by atoms with Crippen LogP contribution in [0, 0.1) is 6.92 Å². The number of esters is 1. The lowest BCUT2D eigenvalue weighted by atomic mass is 9.95. The molecule has 0 bridgehead atoms. The highest BCUT2D eigenvalue weighted by Crippen LogP contribution is 2.35. The molecular weight excluding hydrogens is 394 g/mol. The van der Waals surface area contributed by atoms with Gasteiger partial charge >= 0.3 is 12.0 Å². The van der Waals surface area contributed by atoms with Gasteiger partial charge in [-0.25, -0.2) is 9.59 Å². The van der Waals surface area contributed by atoms with Gasteiger partial charge in [-0.15, -0.1) is 0 Å². The molecule has 2 heterocycles. The van der Waals surface area contributed by atoms with Gasteiger partial charge in [-0.2, -0.15) is 0 Å². The second kappa shape index (κ2) is 7.58. The third kappa shape index (κ3) is 3.56. The van der Waals surface area contributed by atoms with Gasteiger partial charge < -0.3 is 15.4 Å². The Bertz CT molecular complexity index is 1120. The number of carbonyl (C=O) groups is 3. The van der Waals surface area contributed by atoms with Crippen LogP contribution in [-0.2, 0) is 27.2 Å². The van der Waals surface area contributed by atoms with Crippen molar-refractivity contribution in [3.8, 4) is 0 Å². The topological polar surface area (TPSA) is 87.7 Å². The molecule has 0 saturated carbocycles. The average molecular weight is 417 g/mol. The molecular formula is C24H23N3O4. The Morgan fingerprint density at radius 2 is 1.90 bits per heavy atom. The monoisotopic (exact) mass is 417 g/mol. The fraction of sp³-hybridized carbons (Fsp3) is 0.292. The second-order valence-corrected chi connectivity index (χ2v) is 8.20. The van der Waals surface area contributed by atoms with Crippen molar-refractivity contribution in [1.29, 1.82) is 0 Å². The number of cyclic esters (lactones) is 1. The van der Waals surface area contributed by atoms with Gasteiger partial charge in [0.2, 0.25) is 5.91 Å². The van der Waals surface area contributed by atoms with E-state index in [1.165, 1.54) is 16.0 Å². The zero-order chi connectivity index (χ0) is 21.5. The normalized spacial score (nSPS) is 19.6. The van der Waals surface area contributed by atoms with Crippen LogP contribution in [0.4, 0.5) is 10.5 Å². The van der Waals surface area contributed by atoms with E-state index in [0.717, 1.165) is 30.4 Å². The molecule has 1 aliphatic carbocycles. The van der Waals surface area contributed by atoms with E-state index in [4.69, 9.17) is 4.74 Å². The molecule has 2 aromatic carbocycles. The summed E-state index contributed by atoms with van der Waals surface area (Å²) in [4.78, 5) is 39.3. The van der Waals surface area contributed by atoms with Crippen molar-refractivity contribution in [2.75, 3.05) is 18.5 Å². The number of hydrogen-bond donors (Lipinski definition) is 2. The lowest BCUT2D eigenvalue weighted by molar-refractivity contribution is -0.136. The first-order chi connectivity index (χ1) is 15.0. The molecule has 158 valence electrons. The number of amides is 3. The molecule has 5 rings (SSSR count). The highest BCUT2D eigenvalue weighted by atomic mass is 16.5. The number of anilines is 1. The molecule has 0 fully saturated rings. The Morgan fingerprint density at radius 3 is 2.71 bits per heavy atom. The third-order valence-corrected chi connectivity index (χ3v) is 6.09. The van der Waals surface area contributed by atoms with Gasteiger partial charge in [0, 0.05) is 5.69 Å². The quantitative estimate of drug-likeness (QED) is 0.749. The van der Waals surface area contributed by atoms with Crippen molar-refractivity contribution in [3.05, 3.63) is 76.0 Å². The predicted octanol–water partition coefficient (Wildman–Crippen LogP) is 3.00. The SMILES string of the molecule is Cc1ccc([C@@H]2NC(=O)N(CC(=O)Nc3ccc4c(c3)CCC4)C3=C2C(=O)OC3)cc1. The maximum Gasteiger partial charge on any atom is 0.338 e. The maximum atomic E-state index is 12.9. The Hall–Kier alpha value is -3.61. The van der Waals surface area contributed by atoms with E-state index in [1.807, 2.05) is 49.4 Å². The van der Waals surface area contributed by atoms with E-state index < -0.39 is 18.0 Å². The van der Waals surface area contributed by atoms with E-state index in [9.17, 15) is 14.4 Å². The van der Waals surface area contributed by atoms with Gasteiger partial charge in [-0.05, 0) is 55.0 Å². The summed E-state index contributed by atoms with van der Waals surface area (Å²) in [5.74, 6) is -0.794. The van der Waals surface area contributed by atoms with Crippen LogP contribution in [-0.4, -0.2) is 36.0 Å². The summed E-state index contributed by atoms with van der Waals surface area (Å²) in [5.41, 5.74) is 6.01. The number of benzene rings is 2. The maximum absolute atomic E-state index is 12.9. The van der Waals surface area contributed by atoms with Crippen LogP contribution in [0.2, 0.25) is 0 Å². The van der Waals surface area contributed by atoms with Crippen molar-refractivity contribution in [2.24, 2.45) is 0 Å². The average Bonchev–Trinajstić information content (AvgIpc) is 3.37. The first-order valence-corrected chi connectivity index (χ1v) is 10.5. The summed E-state index contributed by atoms with van der Waals surface area (Å²) in [5, 5.41) is 5.73. The predicted molar refractivity (Wildman–Crippen MR) is 114 cm³/mol. The molecule has 3 aliphatic rings. The standard InChI is InChI=1S/C24H23N3O4/c1-14-5-7-16(8-6-14)22-21-19(13-31-23(21)29)27(24(30)26-22)12-20(28)25-18-10-9-15-3-2-4-17(15)11-18/h5-11,22H,2-4,12-13H2,1H3,(H,25,28)(H,26,30)/t22-/m0/s1. The van der Waals surface area contributed by atoms with E-state index in [0.29, 0.717) is 17.0 Å². The van der Waals surface area contributed by atoms with Crippen LogP contribution in [0.3, 0.4) is 0 Å². The van der Waals surface area contributed by atoms with Gasteiger partial charge in [0.15, 0.2) is 0 Å². The minimum absolute atomic E-state index is 0.0178. The zero-order valence-electron chi connectivity index (χ0n) is 17.2. The van der Waals surface area contributed by atoms with Crippen LogP contribution in [0.15, 0.2) is 53.7 Å². The number of aryl methyl sites for hydroxylation is 3. The van der Waals surface area contributed by atoms with Crippen molar-refractivity contribution in [1.82, 2.24) is 10.2 Å². The summed E-state index contributed by atoms with van der Waals surface area (Å²) in [7, 11) is 0. The molecule has 0 radical (unpaired) electrons. The molecule has 1 atom stereocenters. The Balaban J connectivity index is 1.37. The number of ether oxygens (including phenoxy) is 1. The van der Waals surface area contributed by atoms with E-state index >= 15 is 0 Å².